The number of carbonyl (C=O) groups excluding carboxylic acids is 1. The van der Waals surface area contributed by atoms with Crippen molar-refractivity contribution in [2.75, 3.05) is 12.3 Å². The van der Waals surface area contributed by atoms with Crippen LogP contribution in [0.3, 0.4) is 0 Å². The van der Waals surface area contributed by atoms with Gasteiger partial charge in [-0.2, -0.15) is 0 Å². The number of thiazole rings is 1. The fourth-order valence-corrected chi connectivity index (χ4v) is 7.01. The molecule has 8 heteroatoms. The number of fused-ring (bicyclic) bond motifs is 3. The maximum atomic E-state index is 12.9. The molecule has 2 atom stereocenters. The van der Waals surface area contributed by atoms with Crippen molar-refractivity contribution in [3.05, 3.63) is 28.3 Å². The Balaban J connectivity index is 1.44. The second kappa shape index (κ2) is 6.44. The van der Waals surface area contributed by atoms with Crippen molar-refractivity contribution in [1.29, 1.82) is 0 Å². The van der Waals surface area contributed by atoms with Crippen LogP contribution in [0.4, 0.5) is 5.69 Å². The number of likely N-dealkylation sites (tertiary alicyclic amines) is 1. The first-order valence-electron chi connectivity index (χ1n) is 9.12. The van der Waals surface area contributed by atoms with Crippen molar-refractivity contribution in [2.45, 2.75) is 50.4 Å². The van der Waals surface area contributed by atoms with E-state index in [1.54, 1.807) is 12.1 Å². The number of thioether (sulfide) groups is 1. The third-order valence-corrected chi connectivity index (χ3v) is 7.76. The van der Waals surface area contributed by atoms with Gasteiger partial charge in [0.1, 0.15) is 0 Å². The Morgan fingerprint density at radius 3 is 2.93 bits per heavy atom. The lowest BCUT2D eigenvalue weighted by Gasteiger charge is -2.39. The van der Waals surface area contributed by atoms with Crippen LogP contribution < -0.4 is 0 Å². The largest absolute Gasteiger partial charge is 0.338 e. The molecule has 2 aliphatic rings. The molecule has 1 aliphatic carbocycles. The number of hydrogen-bond acceptors (Lipinski definition) is 6. The number of rotatable bonds is 4. The second-order valence-electron chi connectivity index (χ2n) is 8.91. The molecule has 1 saturated carbocycles. The molecule has 2 unspecified atom stereocenters. The van der Waals surface area contributed by atoms with E-state index < -0.39 is 4.92 Å². The summed E-state index contributed by atoms with van der Waals surface area (Å²) in [6.45, 7) is 7.77. The molecule has 144 valence electrons. The van der Waals surface area contributed by atoms with E-state index in [1.165, 1.54) is 35.6 Å². The van der Waals surface area contributed by atoms with Gasteiger partial charge >= 0.3 is 0 Å². The van der Waals surface area contributed by atoms with Gasteiger partial charge in [-0.3, -0.25) is 14.9 Å². The minimum atomic E-state index is -0.400. The summed E-state index contributed by atoms with van der Waals surface area (Å²) in [5.41, 5.74) is 1.34. The smallest absolute Gasteiger partial charge is 0.270 e. The Morgan fingerprint density at radius 2 is 2.19 bits per heavy atom. The molecule has 2 heterocycles. The Morgan fingerprint density at radius 1 is 1.41 bits per heavy atom. The summed E-state index contributed by atoms with van der Waals surface area (Å²) >= 11 is 2.84. The minimum absolute atomic E-state index is 0.0685. The first-order chi connectivity index (χ1) is 12.6. The van der Waals surface area contributed by atoms with E-state index in [-0.39, 0.29) is 17.0 Å². The highest BCUT2D eigenvalue weighted by atomic mass is 32.2. The predicted octanol–water partition coefficient (Wildman–Crippen LogP) is 4.72. The van der Waals surface area contributed by atoms with Crippen LogP contribution in [0.1, 0.15) is 40.0 Å². The third-order valence-electron chi connectivity index (χ3n) is 5.62. The van der Waals surface area contributed by atoms with Crippen LogP contribution in [0.5, 0.6) is 0 Å². The van der Waals surface area contributed by atoms with Gasteiger partial charge in [-0.1, -0.05) is 32.5 Å². The molecule has 2 fully saturated rings. The molecule has 1 aliphatic heterocycles. The topological polar surface area (TPSA) is 76.3 Å². The van der Waals surface area contributed by atoms with Gasteiger partial charge in [0.25, 0.3) is 5.69 Å². The summed E-state index contributed by atoms with van der Waals surface area (Å²) in [4.78, 5) is 30.0. The zero-order valence-electron chi connectivity index (χ0n) is 15.7. The van der Waals surface area contributed by atoms with E-state index in [0.29, 0.717) is 17.2 Å². The Labute approximate surface area is 166 Å². The average Bonchev–Trinajstić information content (AvgIpc) is 3.08. The van der Waals surface area contributed by atoms with Gasteiger partial charge in [0.2, 0.25) is 5.91 Å². The summed E-state index contributed by atoms with van der Waals surface area (Å²) in [5.74, 6) is 0.547. The molecule has 0 radical (unpaired) electrons. The predicted molar refractivity (Wildman–Crippen MR) is 108 cm³/mol. The Kier molecular flexibility index (Phi) is 4.46. The lowest BCUT2D eigenvalue weighted by Crippen LogP contribution is -2.38. The summed E-state index contributed by atoms with van der Waals surface area (Å²) in [6.07, 6.45) is 3.35. The summed E-state index contributed by atoms with van der Waals surface area (Å²) in [6, 6.07) is 5.03. The number of aromatic nitrogens is 1. The molecule has 2 bridgehead atoms. The lowest BCUT2D eigenvalue weighted by atomic mass is 9.65. The fraction of sp³-hybridized carbons (Fsp3) is 0.579. The van der Waals surface area contributed by atoms with Gasteiger partial charge in [-0.15, -0.1) is 11.3 Å². The molecule has 2 aromatic rings. The quantitative estimate of drug-likeness (QED) is 0.418. The summed E-state index contributed by atoms with van der Waals surface area (Å²) < 4.78 is 1.57. The molecule has 1 aromatic carbocycles. The number of carbonyl (C=O) groups is 1. The third kappa shape index (κ3) is 3.69. The van der Waals surface area contributed by atoms with Crippen molar-refractivity contribution in [3.63, 3.8) is 0 Å². The highest BCUT2D eigenvalue weighted by Gasteiger charge is 2.50. The van der Waals surface area contributed by atoms with Gasteiger partial charge in [0, 0.05) is 24.7 Å². The van der Waals surface area contributed by atoms with E-state index in [4.69, 9.17) is 0 Å². The molecule has 27 heavy (non-hydrogen) atoms. The molecule has 4 rings (SSSR count). The molecular weight excluding hydrogens is 382 g/mol. The number of hydrogen-bond donors (Lipinski definition) is 0. The van der Waals surface area contributed by atoms with Crippen molar-refractivity contribution >= 4 is 44.9 Å². The highest BCUT2D eigenvalue weighted by Crippen LogP contribution is 2.52. The van der Waals surface area contributed by atoms with Gasteiger partial charge in [0.05, 0.1) is 20.9 Å². The molecule has 1 aromatic heterocycles. The van der Waals surface area contributed by atoms with Crippen LogP contribution >= 0.6 is 23.1 Å². The Bertz CT molecular complexity index is 926. The molecule has 1 saturated heterocycles. The lowest BCUT2D eigenvalue weighted by molar-refractivity contribution is -0.384. The number of nitro groups is 1. The van der Waals surface area contributed by atoms with E-state index in [2.05, 4.69) is 30.7 Å². The van der Waals surface area contributed by atoms with Gasteiger partial charge in [0.15, 0.2) is 4.34 Å². The second-order valence-corrected chi connectivity index (χ2v) is 11.2. The van der Waals surface area contributed by atoms with Gasteiger partial charge in [-0.25, -0.2) is 4.98 Å². The number of nitrogens with zero attached hydrogens (tertiary/aromatic N) is 3. The van der Waals surface area contributed by atoms with Gasteiger partial charge < -0.3 is 4.90 Å². The van der Waals surface area contributed by atoms with Crippen LogP contribution in [0.2, 0.25) is 0 Å². The maximum Gasteiger partial charge on any atom is 0.270 e. The Hall–Kier alpha value is -1.67. The number of benzene rings is 1. The van der Waals surface area contributed by atoms with Crippen molar-refractivity contribution in [2.24, 2.45) is 10.8 Å². The molecule has 1 amide bonds. The fourth-order valence-electron chi connectivity index (χ4n) is 5.03. The van der Waals surface area contributed by atoms with Crippen molar-refractivity contribution in [1.82, 2.24) is 9.88 Å². The van der Waals surface area contributed by atoms with Crippen LogP contribution in [0.25, 0.3) is 10.2 Å². The van der Waals surface area contributed by atoms with Crippen molar-refractivity contribution in [3.8, 4) is 0 Å². The normalized spacial score (nSPS) is 26.5. The SMILES string of the molecule is CC1(C)CC2CC(C)(CN2C(=O)CSc2nc3ccc([N+](=O)[O-])cc3s2)C1. The van der Waals surface area contributed by atoms with Crippen LogP contribution in [-0.2, 0) is 4.79 Å². The van der Waals surface area contributed by atoms with Crippen LogP contribution in [0, 0.1) is 20.9 Å². The highest BCUT2D eigenvalue weighted by molar-refractivity contribution is 8.01. The average molecular weight is 406 g/mol. The first kappa shape index (κ1) is 18.7. The summed E-state index contributed by atoms with van der Waals surface area (Å²) in [5, 5.41) is 10.9. The van der Waals surface area contributed by atoms with E-state index in [1.807, 2.05) is 0 Å². The first-order valence-corrected chi connectivity index (χ1v) is 10.9. The van der Waals surface area contributed by atoms with E-state index >= 15 is 0 Å². The standard InChI is InChI=1S/C19H23N3O3S2/c1-18(2)7-13-8-19(3,10-18)11-21(13)16(23)9-26-17-20-14-5-4-12(22(24)25)6-15(14)27-17/h4-6,13H,7-11H2,1-3H3. The monoisotopic (exact) mass is 405 g/mol. The van der Waals surface area contributed by atoms with E-state index in [9.17, 15) is 14.9 Å². The maximum absolute atomic E-state index is 12.9. The zero-order chi connectivity index (χ0) is 19.4. The molecule has 0 spiro atoms. The number of nitro benzene ring substituents is 1. The zero-order valence-corrected chi connectivity index (χ0v) is 17.4. The molecule has 6 nitrogen and oxygen atoms in total. The van der Waals surface area contributed by atoms with Crippen molar-refractivity contribution < 1.29 is 9.72 Å². The summed E-state index contributed by atoms with van der Waals surface area (Å²) in [7, 11) is 0. The van der Waals surface area contributed by atoms with Crippen LogP contribution in [0.15, 0.2) is 22.5 Å². The minimum Gasteiger partial charge on any atom is -0.338 e. The van der Waals surface area contributed by atoms with E-state index in [0.717, 1.165) is 33.9 Å². The number of amides is 1. The molecule has 0 N–H and O–H groups in total. The van der Waals surface area contributed by atoms with Gasteiger partial charge in [-0.05, 0) is 36.2 Å². The number of non-ortho nitro benzene ring substituents is 1. The molecular formula is C19H23N3O3S2. The van der Waals surface area contributed by atoms with Crippen LogP contribution in [-0.4, -0.2) is 39.1 Å².